The highest BCUT2D eigenvalue weighted by molar-refractivity contribution is 5.06. The second kappa shape index (κ2) is 3.32. The second-order valence-corrected chi connectivity index (χ2v) is 2.43. The lowest BCUT2D eigenvalue weighted by molar-refractivity contribution is 0.440. The molecule has 1 rings (SSSR count). The zero-order valence-electron chi connectivity index (χ0n) is 6.38. The van der Waals surface area contributed by atoms with Crippen molar-refractivity contribution in [1.29, 1.82) is 0 Å². The Balaban J connectivity index is 3.03. The Hall–Kier alpha value is -1.12. The number of hydrogen-bond donors (Lipinski definition) is 0. The van der Waals surface area contributed by atoms with Crippen molar-refractivity contribution in [1.82, 2.24) is 4.57 Å². The minimum Gasteiger partial charge on any atom is -0.313 e. The van der Waals surface area contributed by atoms with Crippen molar-refractivity contribution >= 4 is 0 Å². The van der Waals surface area contributed by atoms with Gasteiger partial charge in [-0.25, -0.2) is 4.39 Å². The van der Waals surface area contributed by atoms with Gasteiger partial charge in [-0.3, -0.25) is 4.79 Å². The molecule has 0 aliphatic carbocycles. The summed E-state index contributed by atoms with van der Waals surface area (Å²) in [6.07, 6.45) is 1.65. The normalized spacial score (nSPS) is 10.0. The summed E-state index contributed by atoms with van der Waals surface area (Å²) in [5.74, 6) is 0. The minimum absolute atomic E-state index is 0.145. The Morgan fingerprint density at radius 1 is 1.55 bits per heavy atom. The summed E-state index contributed by atoms with van der Waals surface area (Å²) in [5, 5.41) is 0. The first kappa shape index (κ1) is 7.98. The summed E-state index contributed by atoms with van der Waals surface area (Å²) in [7, 11) is 0. The van der Waals surface area contributed by atoms with Gasteiger partial charge in [-0.15, -0.1) is 0 Å². The van der Waals surface area contributed by atoms with E-state index in [9.17, 15) is 9.18 Å². The first-order chi connectivity index (χ1) is 5.24. The van der Waals surface area contributed by atoms with Crippen molar-refractivity contribution in [3.8, 4) is 0 Å². The molecule has 0 aromatic carbocycles. The van der Waals surface area contributed by atoms with Gasteiger partial charge in [0.1, 0.15) is 6.67 Å². The van der Waals surface area contributed by atoms with E-state index >= 15 is 0 Å². The van der Waals surface area contributed by atoms with Crippen LogP contribution < -0.4 is 5.56 Å². The van der Waals surface area contributed by atoms with Crippen LogP contribution in [-0.4, -0.2) is 11.2 Å². The van der Waals surface area contributed by atoms with E-state index in [2.05, 4.69) is 0 Å². The molecule has 0 fully saturated rings. The number of aromatic nitrogens is 1. The summed E-state index contributed by atoms with van der Waals surface area (Å²) in [6, 6.07) is 3.17. The molecule has 60 valence electrons. The van der Waals surface area contributed by atoms with Gasteiger partial charge >= 0.3 is 0 Å². The van der Waals surface area contributed by atoms with Gasteiger partial charge in [0.25, 0.3) is 5.56 Å². The number of halogens is 1. The Labute approximate surface area is 64.3 Å². The maximum atomic E-state index is 11.8. The molecule has 2 nitrogen and oxygen atoms in total. The maximum Gasteiger partial charge on any atom is 0.250 e. The second-order valence-electron chi connectivity index (χ2n) is 2.43. The fraction of sp³-hybridized carbons (Fsp3) is 0.375. The largest absolute Gasteiger partial charge is 0.313 e. The van der Waals surface area contributed by atoms with E-state index in [1.807, 2.05) is 6.92 Å². The van der Waals surface area contributed by atoms with Gasteiger partial charge in [-0.2, -0.15) is 0 Å². The molecule has 0 N–H and O–H groups in total. The molecule has 1 aromatic rings. The van der Waals surface area contributed by atoms with Crippen LogP contribution in [0.1, 0.15) is 5.56 Å². The molecule has 0 amide bonds. The summed E-state index contributed by atoms with van der Waals surface area (Å²) in [6.45, 7) is 1.53. The average molecular weight is 155 g/mol. The van der Waals surface area contributed by atoms with E-state index in [4.69, 9.17) is 0 Å². The van der Waals surface area contributed by atoms with Gasteiger partial charge in [0.15, 0.2) is 0 Å². The quantitative estimate of drug-likeness (QED) is 0.627. The lowest BCUT2D eigenvalue weighted by atomic mass is 10.3. The van der Waals surface area contributed by atoms with Gasteiger partial charge < -0.3 is 4.57 Å². The lowest BCUT2D eigenvalue weighted by Crippen LogP contribution is -2.19. The van der Waals surface area contributed by atoms with Crippen LogP contribution in [0.5, 0.6) is 0 Å². The van der Waals surface area contributed by atoms with Gasteiger partial charge in [-0.05, 0) is 12.5 Å². The molecule has 0 spiro atoms. The average Bonchev–Trinajstić information content (AvgIpc) is 1.98. The van der Waals surface area contributed by atoms with E-state index in [1.54, 1.807) is 12.3 Å². The van der Waals surface area contributed by atoms with E-state index in [0.29, 0.717) is 0 Å². The van der Waals surface area contributed by atoms with Crippen molar-refractivity contribution < 1.29 is 4.39 Å². The molecule has 0 bridgehead atoms. The van der Waals surface area contributed by atoms with Crippen LogP contribution >= 0.6 is 0 Å². The number of hydrogen-bond acceptors (Lipinski definition) is 1. The van der Waals surface area contributed by atoms with Crippen LogP contribution in [0, 0.1) is 6.92 Å². The third kappa shape index (κ3) is 1.90. The summed E-state index contributed by atoms with van der Waals surface area (Å²) < 4.78 is 13.2. The van der Waals surface area contributed by atoms with Crippen LogP contribution in [0.15, 0.2) is 23.1 Å². The third-order valence-corrected chi connectivity index (χ3v) is 1.46. The fourth-order valence-corrected chi connectivity index (χ4v) is 0.917. The number of pyridine rings is 1. The van der Waals surface area contributed by atoms with Crippen molar-refractivity contribution in [2.75, 3.05) is 6.67 Å². The topological polar surface area (TPSA) is 22.0 Å². The number of rotatable bonds is 2. The van der Waals surface area contributed by atoms with Crippen molar-refractivity contribution in [3.63, 3.8) is 0 Å². The van der Waals surface area contributed by atoms with Gasteiger partial charge in [0.2, 0.25) is 0 Å². The highest BCUT2D eigenvalue weighted by Crippen LogP contribution is 1.91. The Bertz CT molecular complexity index is 292. The van der Waals surface area contributed by atoms with E-state index in [-0.39, 0.29) is 12.1 Å². The monoisotopic (exact) mass is 155 g/mol. The van der Waals surface area contributed by atoms with Gasteiger partial charge in [0.05, 0.1) is 6.54 Å². The zero-order chi connectivity index (χ0) is 8.27. The molecule has 0 saturated heterocycles. The van der Waals surface area contributed by atoms with Crippen LogP contribution in [0.25, 0.3) is 0 Å². The minimum atomic E-state index is -0.497. The van der Waals surface area contributed by atoms with E-state index < -0.39 is 6.67 Å². The Morgan fingerprint density at radius 3 is 2.91 bits per heavy atom. The van der Waals surface area contributed by atoms with Gasteiger partial charge in [0, 0.05) is 12.3 Å². The highest BCUT2D eigenvalue weighted by Gasteiger charge is 1.93. The molecule has 0 radical (unpaired) electrons. The summed E-state index contributed by atoms with van der Waals surface area (Å²) in [4.78, 5) is 11.0. The summed E-state index contributed by atoms with van der Waals surface area (Å²) in [5.41, 5.74) is 0.825. The lowest BCUT2D eigenvalue weighted by Gasteiger charge is -2.01. The van der Waals surface area contributed by atoms with Crippen molar-refractivity contribution in [2.45, 2.75) is 13.5 Å². The predicted molar refractivity (Wildman–Crippen MR) is 41.4 cm³/mol. The van der Waals surface area contributed by atoms with Gasteiger partial charge in [-0.1, -0.05) is 6.07 Å². The first-order valence-electron chi connectivity index (χ1n) is 3.47. The molecular weight excluding hydrogens is 145 g/mol. The van der Waals surface area contributed by atoms with Crippen LogP contribution in [-0.2, 0) is 6.54 Å². The third-order valence-electron chi connectivity index (χ3n) is 1.46. The van der Waals surface area contributed by atoms with Crippen LogP contribution in [0.3, 0.4) is 0 Å². The van der Waals surface area contributed by atoms with Crippen molar-refractivity contribution in [2.24, 2.45) is 0 Å². The summed E-state index contributed by atoms with van der Waals surface area (Å²) >= 11 is 0. The molecule has 11 heavy (non-hydrogen) atoms. The molecule has 1 aromatic heterocycles. The molecule has 3 heteroatoms. The number of nitrogens with zero attached hydrogens (tertiary/aromatic N) is 1. The maximum absolute atomic E-state index is 11.8. The van der Waals surface area contributed by atoms with Crippen LogP contribution in [0.2, 0.25) is 0 Å². The Kier molecular flexibility index (Phi) is 2.41. The SMILES string of the molecule is Cc1ccc(=O)n(CCF)c1. The van der Waals surface area contributed by atoms with E-state index in [1.165, 1.54) is 10.6 Å². The van der Waals surface area contributed by atoms with Crippen LogP contribution in [0.4, 0.5) is 4.39 Å². The number of alkyl halides is 1. The molecule has 1 heterocycles. The predicted octanol–water partition coefficient (Wildman–Crippen LogP) is 1.13. The Morgan fingerprint density at radius 2 is 2.27 bits per heavy atom. The highest BCUT2D eigenvalue weighted by atomic mass is 19.1. The standard InChI is InChI=1S/C8H10FNO/c1-7-2-3-8(11)10(6-7)5-4-9/h2-3,6H,4-5H2,1H3. The molecule has 0 unspecified atom stereocenters. The van der Waals surface area contributed by atoms with E-state index in [0.717, 1.165) is 5.56 Å². The molecule has 0 atom stereocenters. The molecule has 0 aliphatic heterocycles. The molecule has 0 aliphatic rings. The zero-order valence-corrected chi connectivity index (χ0v) is 6.38. The van der Waals surface area contributed by atoms with Crippen molar-refractivity contribution in [3.05, 3.63) is 34.2 Å². The molecular formula is C8H10FNO. The fourth-order valence-electron chi connectivity index (χ4n) is 0.917. The number of aryl methyl sites for hydroxylation is 2. The molecule has 0 saturated carbocycles. The smallest absolute Gasteiger partial charge is 0.250 e. The first-order valence-corrected chi connectivity index (χ1v) is 3.47.